The maximum absolute atomic E-state index is 12.5. The van der Waals surface area contributed by atoms with Crippen LogP contribution in [0.3, 0.4) is 0 Å². The van der Waals surface area contributed by atoms with E-state index in [1.165, 1.54) is 0 Å². The number of aromatic nitrogens is 2. The summed E-state index contributed by atoms with van der Waals surface area (Å²) in [5.41, 5.74) is 0.919. The van der Waals surface area contributed by atoms with Crippen molar-refractivity contribution >= 4 is 17.7 Å². The molecule has 1 aromatic carbocycles. The van der Waals surface area contributed by atoms with Crippen LogP contribution in [0.15, 0.2) is 47.5 Å². The largest absolute Gasteiger partial charge is 0.337 e. The van der Waals surface area contributed by atoms with E-state index in [0.29, 0.717) is 17.5 Å². The van der Waals surface area contributed by atoms with Gasteiger partial charge in [0.05, 0.1) is 5.75 Å². The molecule has 1 fully saturated rings. The molecule has 0 saturated carbocycles. The van der Waals surface area contributed by atoms with E-state index in [4.69, 9.17) is 4.52 Å². The molecule has 24 heavy (non-hydrogen) atoms. The number of likely N-dealkylation sites (tertiary alicyclic amines) is 1. The molecule has 1 aromatic heterocycles. The molecule has 2 aromatic rings. The van der Waals surface area contributed by atoms with Crippen molar-refractivity contribution in [3.05, 3.63) is 48.9 Å². The van der Waals surface area contributed by atoms with E-state index in [-0.39, 0.29) is 11.9 Å². The Morgan fingerprint density at radius 2 is 2.21 bits per heavy atom. The van der Waals surface area contributed by atoms with Gasteiger partial charge in [0.15, 0.2) is 0 Å². The Labute approximate surface area is 146 Å². The second-order valence-corrected chi connectivity index (χ2v) is 6.76. The summed E-state index contributed by atoms with van der Waals surface area (Å²) in [5, 5.41) is 4.09. The van der Waals surface area contributed by atoms with E-state index in [1.54, 1.807) is 11.8 Å². The SMILES string of the molecule is C=CCSCC(=O)N1CCCCC1c1nc(-c2ccccc2)no1. The highest BCUT2D eigenvalue weighted by atomic mass is 32.2. The predicted molar refractivity (Wildman–Crippen MR) is 95.6 cm³/mol. The number of rotatable bonds is 6. The smallest absolute Gasteiger partial charge is 0.249 e. The van der Waals surface area contributed by atoms with Crippen LogP contribution < -0.4 is 0 Å². The highest BCUT2D eigenvalue weighted by Gasteiger charge is 2.31. The van der Waals surface area contributed by atoms with Crippen molar-refractivity contribution in [2.75, 3.05) is 18.1 Å². The van der Waals surface area contributed by atoms with Gasteiger partial charge in [-0.05, 0) is 19.3 Å². The Bertz CT molecular complexity index is 687. The first-order chi connectivity index (χ1) is 11.8. The quantitative estimate of drug-likeness (QED) is 0.591. The Morgan fingerprint density at radius 1 is 1.38 bits per heavy atom. The van der Waals surface area contributed by atoms with Crippen LogP contribution in [0.25, 0.3) is 11.4 Å². The molecular formula is C18H21N3O2S. The number of hydrogen-bond donors (Lipinski definition) is 0. The van der Waals surface area contributed by atoms with Crippen molar-refractivity contribution in [1.29, 1.82) is 0 Å². The zero-order valence-electron chi connectivity index (χ0n) is 13.6. The molecule has 0 N–H and O–H groups in total. The molecule has 1 aliphatic heterocycles. The molecule has 1 aliphatic rings. The van der Waals surface area contributed by atoms with Gasteiger partial charge in [0, 0.05) is 17.9 Å². The van der Waals surface area contributed by atoms with Gasteiger partial charge in [-0.15, -0.1) is 18.3 Å². The Hall–Kier alpha value is -2.08. The minimum atomic E-state index is -0.111. The molecule has 0 bridgehead atoms. The average Bonchev–Trinajstić information content (AvgIpc) is 3.12. The number of benzene rings is 1. The number of amides is 1. The summed E-state index contributed by atoms with van der Waals surface area (Å²) >= 11 is 1.58. The molecule has 2 heterocycles. The van der Waals surface area contributed by atoms with Gasteiger partial charge >= 0.3 is 0 Å². The summed E-state index contributed by atoms with van der Waals surface area (Å²) in [4.78, 5) is 18.9. The lowest BCUT2D eigenvalue weighted by atomic mass is 10.0. The molecule has 1 atom stereocenters. The fraction of sp³-hybridized carbons (Fsp3) is 0.389. The van der Waals surface area contributed by atoms with Gasteiger partial charge in [-0.2, -0.15) is 4.98 Å². The second kappa shape index (κ2) is 8.15. The standard InChI is InChI=1S/C18H21N3O2S/c1-2-12-24-13-16(22)21-11-7-6-10-15(21)18-19-17(20-23-18)14-8-4-3-5-9-14/h2-5,8-9,15H,1,6-7,10-13H2. The van der Waals surface area contributed by atoms with E-state index in [0.717, 1.165) is 37.1 Å². The number of carbonyl (C=O) groups is 1. The number of carbonyl (C=O) groups excluding carboxylic acids is 1. The lowest BCUT2D eigenvalue weighted by Crippen LogP contribution is -2.39. The molecule has 1 saturated heterocycles. The van der Waals surface area contributed by atoms with E-state index < -0.39 is 0 Å². The lowest BCUT2D eigenvalue weighted by molar-refractivity contribution is -0.132. The van der Waals surface area contributed by atoms with Gasteiger partial charge in [-0.25, -0.2) is 0 Å². The molecule has 6 heteroatoms. The van der Waals surface area contributed by atoms with Crippen LogP contribution in [-0.4, -0.2) is 39.0 Å². The Balaban J connectivity index is 1.75. The monoisotopic (exact) mass is 343 g/mol. The van der Waals surface area contributed by atoms with Crippen LogP contribution in [0.1, 0.15) is 31.2 Å². The third kappa shape index (κ3) is 3.87. The van der Waals surface area contributed by atoms with E-state index in [9.17, 15) is 4.79 Å². The summed E-state index contributed by atoms with van der Waals surface area (Å²) in [6.07, 6.45) is 4.77. The Kier molecular flexibility index (Phi) is 5.69. The van der Waals surface area contributed by atoms with Gasteiger partial charge in [-0.3, -0.25) is 4.79 Å². The zero-order chi connectivity index (χ0) is 16.8. The first-order valence-corrected chi connectivity index (χ1v) is 9.32. The fourth-order valence-electron chi connectivity index (χ4n) is 2.87. The van der Waals surface area contributed by atoms with Gasteiger partial charge in [-0.1, -0.05) is 41.6 Å². The lowest BCUT2D eigenvalue weighted by Gasteiger charge is -2.33. The zero-order valence-corrected chi connectivity index (χ0v) is 14.4. The van der Waals surface area contributed by atoms with Crippen LogP contribution in [0, 0.1) is 0 Å². The molecule has 0 radical (unpaired) electrons. The molecule has 1 amide bonds. The van der Waals surface area contributed by atoms with Gasteiger partial charge in [0.1, 0.15) is 6.04 Å². The van der Waals surface area contributed by atoms with Crippen molar-refractivity contribution in [3.8, 4) is 11.4 Å². The normalized spacial score (nSPS) is 17.7. The maximum atomic E-state index is 12.5. The molecule has 5 nitrogen and oxygen atoms in total. The molecule has 0 spiro atoms. The number of thioether (sulfide) groups is 1. The average molecular weight is 343 g/mol. The second-order valence-electron chi connectivity index (χ2n) is 5.72. The first-order valence-electron chi connectivity index (χ1n) is 8.16. The fourth-order valence-corrected chi connectivity index (χ4v) is 3.50. The topological polar surface area (TPSA) is 59.2 Å². The minimum Gasteiger partial charge on any atom is -0.337 e. The van der Waals surface area contributed by atoms with Gasteiger partial charge in [0.2, 0.25) is 17.6 Å². The molecule has 3 rings (SSSR count). The third-order valence-corrected chi connectivity index (χ3v) is 4.97. The third-order valence-electron chi connectivity index (χ3n) is 4.04. The van der Waals surface area contributed by atoms with Gasteiger partial charge < -0.3 is 9.42 Å². The summed E-state index contributed by atoms with van der Waals surface area (Å²) in [6, 6.07) is 9.62. The van der Waals surface area contributed by atoms with Crippen LogP contribution >= 0.6 is 11.8 Å². The maximum Gasteiger partial charge on any atom is 0.249 e. The van der Waals surface area contributed by atoms with E-state index in [1.807, 2.05) is 41.3 Å². The number of hydrogen-bond acceptors (Lipinski definition) is 5. The van der Waals surface area contributed by atoms with Crippen molar-refractivity contribution in [3.63, 3.8) is 0 Å². The van der Waals surface area contributed by atoms with Crippen molar-refractivity contribution in [1.82, 2.24) is 15.0 Å². The van der Waals surface area contributed by atoms with Crippen molar-refractivity contribution < 1.29 is 9.32 Å². The molecular weight excluding hydrogens is 322 g/mol. The van der Waals surface area contributed by atoms with Crippen LogP contribution in [0.2, 0.25) is 0 Å². The number of piperidine rings is 1. The van der Waals surface area contributed by atoms with Crippen molar-refractivity contribution in [2.45, 2.75) is 25.3 Å². The highest BCUT2D eigenvalue weighted by molar-refractivity contribution is 8.00. The number of nitrogens with zero attached hydrogens (tertiary/aromatic N) is 3. The molecule has 126 valence electrons. The molecule has 0 aliphatic carbocycles. The van der Waals surface area contributed by atoms with E-state index in [2.05, 4.69) is 16.7 Å². The van der Waals surface area contributed by atoms with Crippen molar-refractivity contribution in [2.24, 2.45) is 0 Å². The summed E-state index contributed by atoms with van der Waals surface area (Å²) in [6.45, 7) is 4.44. The first kappa shape index (κ1) is 16.8. The Morgan fingerprint density at radius 3 is 3.00 bits per heavy atom. The molecule has 1 unspecified atom stereocenters. The van der Waals surface area contributed by atoms with Crippen LogP contribution in [0.4, 0.5) is 0 Å². The summed E-state index contributed by atoms with van der Waals surface area (Å²) < 4.78 is 5.49. The van der Waals surface area contributed by atoms with Crippen LogP contribution in [0.5, 0.6) is 0 Å². The van der Waals surface area contributed by atoms with Gasteiger partial charge in [0.25, 0.3) is 0 Å². The predicted octanol–water partition coefficient (Wildman–Crippen LogP) is 3.71. The minimum absolute atomic E-state index is 0.111. The van der Waals surface area contributed by atoms with Crippen LogP contribution in [-0.2, 0) is 4.79 Å². The summed E-state index contributed by atoms with van der Waals surface area (Å²) in [7, 11) is 0. The van der Waals surface area contributed by atoms with E-state index >= 15 is 0 Å². The highest BCUT2D eigenvalue weighted by Crippen LogP contribution is 2.31. The summed E-state index contributed by atoms with van der Waals surface area (Å²) in [5.74, 6) is 2.48.